The summed E-state index contributed by atoms with van der Waals surface area (Å²) in [7, 11) is 0. The fourth-order valence-electron chi connectivity index (χ4n) is 3.73. The third-order valence-electron chi connectivity index (χ3n) is 5.11. The SMILES string of the molecule is O=C(CN1CCC[C@@H]1c1nc2ccccc2s1)NCCCc1ccccc1. The molecule has 1 saturated heterocycles. The van der Waals surface area contributed by atoms with E-state index in [9.17, 15) is 4.79 Å². The highest BCUT2D eigenvalue weighted by atomic mass is 32.1. The van der Waals surface area contributed by atoms with Crippen molar-refractivity contribution in [3.05, 3.63) is 65.2 Å². The monoisotopic (exact) mass is 379 g/mol. The second kappa shape index (κ2) is 8.63. The summed E-state index contributed by atoms with van der Waals surface area (Å²) in [4.78, 5) is 19.5. The lowest BCUT2D eigenvalue weighted by Crippen LogP contribution is -2.37. The molecule has 1 aliphatic rings. The van der Waals surface area contributed by atoms with E-state index in [4.69, 9.17) is 4.98 Å². The zero-order valence-electron chi connectivity index (χ0n) is 15.4. The lowest BCUT2D eigenvalue weighted by atomic mass is 10.1. The van der Waals surface area contributed by atoms with E-state index in [0.29, 0.717) is 6.54 Å². The molecule has 2 aromatic carbocycles. The van der Waals surface area contributed by atoms with E-state index in [1.54, 1.807) is 11.3 Å². The zero-order valence-corrected chi connectivity index (χ0v) is 16.3. The van der Waals surface area contributed by atoms with Gasteiger partial charge in [0.1, 0.15) is 5.01 Å². The van der Waals surface area contributed by atoms with E-state index in [1.165, 1.54) is 10.3 Å². The zero-order chi connectivity index (χ0) is 18.5. The van der Waals surface area contributed by atoms with Crippen molar-refractivity contribution in [1.29, 1.82) is 0 Å². The third-order valence-corrected chi connectivity index (χ3v) is 6.25. The first-order valence-corrected chi connectivity index (χ1v) is 10.5. The van der Waals surface area contributed by atoms with Gasteiger partial charge in [-0.05, 0) is 49.9 Å². The van der Waals surface area contributed by atoms with Crippen LogP contribution in [0.4, 0.5) is 0 Å². The van der Waals surface area contributed by atoms with Gasteiger partial charge < -0.3 is 5.32 Å². The molecule has 4 rings (SSSR count). The summed E-state index contributed by atoms with van der Waals surface area (Å²) >= 11 is 1.76. The van der Waals surface area contributed by atoms with E-state index < -0.39 is 0 Å². The highest BCUT2D eigenvalue weighted by Crippen LogP contribution is 2.36. The molecule has 1 N–H and O–H groups in total. The molecule has 1 atom stereocenters. The topological polar surface area (TPSA) is 45.2 Å². The van der Waals surface area contributed by atoms with Crippen LogP contribution in [0.1, 0.15) is 35.9 Å². The molecule has 0 spiro atoms. The van der Waals surface area contributed by atoms with E-state index in [2.05, 4.69) is 52.7 Å². The molecular formula is C22H25N3OS. The number of nitrogens with one attached hydrogen (secondary N) is 1. The largest absolute Gasteiger partial charge is 0.355 e. The number of thiazole rings is 1. The minimum atomic E-state index is 0.121. The van der Waals surface area contributed by atoms with Gasteiger partial charge in [0.15, 0.2) is 0 Å². The number of rotatable bonds is 7. The molecule has 0 bridgehead atoms. The Balaban J connectivity index is 1.28. The lowest BCUT2D eigenvalue weighted by molar-refractivity contribution is -0.122. The average molecular weight is 380 g/mol. The maximum atomic E-state index is 12.4. The van der Waals surface area contributed by atoms with Crippen LogP contribution in [0.5, 0.6) is 0 Å². The molecule has 5 heteroatoms. The van der Waals surface area contributed by atoms with Crippen LogP contribution < -0.4 is 5.32 Å². The molecular weight excluding hydrogens is 354 g/mol. The number of carbonyl (C=O) groups is 1. The van der Waals surface area contributed by atoms with Crippen molar-refractivity contribution in [2.75, 3.05) is 19.6 Å². The van der Waals surface area contributed by atoms with Gasteiger partial charge in [-0.2, -0.15) is 0 Å². The molecule has 27 heavy (non-hydrogen) atoms. The number of para-hydroxylation sites is 1. The minimum Gasteiger partial charge on any atom is -0.355 e. The van der Waals surface area contributed by atoms with Gasteiger partial charge >= 0.3 is 0 Å². The van der Waals surface area contributed by atoms with E-state index in [1.807, 2.05) is 12.1 Å². The van der Waals surface area contributed by atoms with Gasteiger partial charge in [-0.3, -0.25) is 9.69 Å². The highest BCUT2D eigenvalue weighted by Gasteiger charge is 2.29. The molecule has 0 unspecified atom stereocenters. The number of hydrogen-bond donors (Lipinski definition) is 1. The quantitative estimate of drug-likeness (QED) is 0.626. The molecule has 4 nitrogen and oxygen atoms in total. The Morgan fingerprint density at radius 1 is 1.15 bits per heavy atom. The number of benzene rings is 2. The number of fused-ring (bicyclic) bond motifs is 1. The average Bonchev–Trinajstić information content (AvgIpc) is 3.32. The molecule has 0 aliphatic carbocycles. The number of likely N-dealkylation sites (tertiary alicyclic amines) is 1. The first-order valence-electron chi connectivity index (χ1n) is 9.70. The summed E-state index contributed by atoms with van der Waals surface area (Å²) in [6.45, 7) is 2.16. The highest BCUT2D eigenvalue weighted by molar-refractivity contribution is 7.18. The second-order valence-electron chi connectivity index (χ2n) is 7.09. The van der Waals surface area contributed by atoms with Gasteiger partial charge in [0.05, 0.1) is 22.8 Å². The predicted molar refractivity (Wildman–Crippen MR) is 111 cm³/mol. The second-order valence-corrected chi connectivity index (χ2v) is 8.15. The summed E-state index contributed by atoms with van der Waals surface area (Å²) in [5.41, 5.74) is 2.39. The summed E-state index contributed by atoms with van der Waals surface area (Å²) < 4.78 is 1.23. The Kier molecular flexibility index (Phi) is 5.80. The standard InChI is InChI=1S/C22H25N3OS/c26-21(23-14-6-10-17-8-2-1-3-9-17)16-25-15-7-12-19(25)22-24-18-11-4-5-13-20(18)27-22/h1-5,8-9,11,13,19H,6-7,10,12,14-16H2,(H,23,26)/t19-/m1/s1. The fraction of sp³-hybridized carbons (Fsp3) is 0.364. The van der Waals surface area contributed by atoms with Crippen molar-refractivity contribution in [3.8, 4) is 0 Å². The smallest absolute Gasteiger partial charge is 0.234 e. The van der Waals surface area contributed by atoms with Gasteiger partial charge in [0.25, 0.3) is 0 Å². The Morgan fingerprint density at radius 2 is 1.96 bits per heavy atom. The van der Waals surface area contributed by atoms with Crippen molar-refractivity contribution in [2.24, 2.45) is 0 Å². The maximum absolute atomic E-state index is 12.4. The van der Waals surface area contributed by atoms with Crippen molar-refractivity contribution in [1.82, 2.24) is 15.2 Å². The maximum Gasteiger partial charge on any atom is 0.234 e. The van der Waals surface area contributed by atoms with Gasteiger partial charge in [-0.15, -0.1) is 11.3 Å². The molecule has 1 fully saturated rings. The van der Waals surface area contributed by atoms with Crippen molar-refractivity contribution >= 4 is 27.5 Å². The molecule has 0 radical (unpaired) electrons. The van der Waals surface area contributed by atoms with E-state index in [0.717, 1.165) is 49.3 Å². The van der Waals surface area contributed by atoms with Crippen LogP contribution in [-0.4, -0.2) is 35.4 Å². The first-order chi connectivity index (χ1) is 13.3. The third kappa shape index (κ3) is 4.54. The number of carbonyl (C=O) groups excluding carboxylic acids is 1. The lowest BCUT2D eigenvalue weighted by Gasteiger charge is -2.22. The molecule has 1 aromatic heterocycles. The van der Waals surface area contributed by atoms with Gasteiger partial charge in [0, 0.05) is 6.54 Å². The molecule has 140 valence electrons. The Bertz CT molecular complexity index is 860. The number of nitrogens with zero attached hydrogens (tertiary/aromatic N) is 2. The predicted octanol–water partition coefficient (Wildman–Crippen LogP) is 4.18. The summed E-state index contributed by atoms with van der Waals surface area (Å²) in [6.07, 6.45) is 4.18. The molecule has 1 amide bonds. The van der Waals surface area contributed by atoms with Gasteiger partial charge in [0.2, 0.25) is 5.91 Å². The first kappa shape index (κ1) is 18.1. The number of amides is 1. The minimum absolute atomic E-state index is 0.121. The van der Waals surface area contributed by atoms with Crippen LogP contribution in [0.15, 0.2) is 54.6 Å². The molecule has 1 aliphatic heterocycles. The molecule has 2 heterocycles. The van der Waals surface area contributed by atoms with Crippen LogP contribution in [-0.2, 0) is 11.2 Å². The van der Waals surface area contributed by atoms with E-state index in [-0.39, 0.29) is 11.9 Å². The van der Waals surface area contributed by atoms with Crippen LogP contribution in [0, 0.1) is 0 Å². The van der Waals surface area contributed by atoms with Crippen LogP contribution in [0.2, 0.25) is 0 Å². The van der Waals surface area contributed by atoms with E-state index >= 15 is 0 Å². The van der Waals surface area contributed by atoms with Crippen LogP contribution >= 0.6 is 11.3 Å². The number of aromatic nitrogens is 1. The van der Waals surface area contributed by atoms with Crippen molar-refractivity contribution < 1.29 is 4.79 Å². The Morgan fingerprint density at radius 3 is 2.81 bits per heavy atom. The van der Waals surface area contributed by atoms with Crippen molar-refractivity contribution in [2.45, 2.75) is 31.7 Å². The van der Waals surface area contributed by atoms with Crippen LogP contribution in [0.3, 0.4) is 0 Å². The Labute approximate surface area is 164 Å². The normalized spacial score (nSPS) is 17.4. The van der Waals surface area contributed by atoms with Gasteiger partial charge in [-0.25, -0.2) is 4.98 Å². The van der Waals surface area contributed by atoms with Crippen LogP contribution in [0.25, 0.3) is 10.2 Å². The summed E-state index contributed by atoms with van der Waals surface area (Å²) in [5, 5.41) is 4.22. The van der Waals surface area contributed by atoms with Gasteiger partial charge in [-0.1, -0.05) is 42.5 Å². The Hall–Kier alpha value is -2.24. The summed E-state index contributed by atoms with van der Waals surface area (Å²) in [6, 6.07) is 19.0. The summed E-state index contributed by atoms with van der Waals surface area (Å²) in [5.74, 6) is 0.121. The number of aryl methyl sites for hydroxylation is 1. The molecule has 3 aromatic rings. The van der Waals surface area contributed by atoms with Crippen molar-refractivity contribution in [3.63, 3.8) is 0 Å². The molecule has 0 saturated carbocycles. The fourth-order valence-corrected chi connectivity index (χ4v) is 4.87. The number of hydrogen-bond acceptors (Lipinski definition) is 4.